The highest BCUT2D eigenvalue weighted by Gasteiger charge is 2.51. The van der Waals surface area contributed by atoms with Gasteiger partial charge in [0, 0.05) is 37.0 Å². The summed E-state index contributed by atoms with van der Waals surface area (Å²) in [5, 5.41) is 0. The molecule has 2 aliphatic rings. The molecule has 3 rings (SSSR count). The number of carbonyl (C=O) groups is 1. The van der Waals surface area contributed by atoms with Gasteiger partial charge < -0.3 is 14.5 Å². The predicted octanol–water partition coefficient (Wildman–Crippen LogP) is 2.39. The highest BCUT2D eigenvalue weighted by atomic mass is 16.5. The van der Waals surface area contributed by atoms with E-state index >= 15 is 0 Å². The lowest BCUT2D eigenvalue weighted by molar-refractivity contribution is -0.146. The summed E-state index contributed by atoms with van der Waals surface area (Å²) in [4.78, 5) is 16.5. The molecule has 1 aromatic carbocycles. The Hall–Kier alpha value is -1.39. The summed E-state index contributed by atoms with van der Waals surface area (Å²) < 4.78 is 5.93. The van der Waals surface area contributed by atoms with Crippen LogP contribution in [0.3, 0.4) is 0 Å². The number of amides is 1. The van der Waals surface area contributed by atoms with E-state index in [1.165, 1.54) is 5.56 Å². The van der Waals surface area contributed by atoms with Crippen LogP contribution in [-0.2, 0) is 16.1 Å². The predicted molar refractivity (Wildman–Crippen MR) is 91.0 cm³/mol. The summed E-state index contributed by atoms with van der Waals surface area (Å²) in [6, 6.07) is 10.8. The van der Waals surface area contributed by atoms with Gasteiger partial charge in [0.25, 0.3) is 0 Å². The van der Waals surface area contributed by atoms with Crippen molar-refractivity contribution >= 4 is 5.91 Å². The number of nitrogens with zero attached hydrogens (tertiary/aromatic N) is 2. The van der Waals surface area contributed by atoms with Crippen LogP contribution in [0.5, 0.6) is 0 Å². The molecule has 0 aliphatic carbocycles. The van der Waals surface area contributed by atoms with E-state index in [2.05, 4.69) is 24.1 Å². The zero-order valence-corrected chi connectivity index (χ0v) is 14.5. The van der Waals surface area contributed by atoms with Crippen molar-refractivity contribution in [2.24, 2.45) is 11.3 Å². The van der Waals surface area contributed by atoms with Crippen LogP contribution in [0.4, 0.5) is 0 Å². The molecule has 2 fully saturated rings. The lowest BCUT2D eigenvalue weighted by atomic mass is 9.77. The molecule has 4 heteroatoms. The van der Waals surface area contributed by atoms with Gasteiger partial charge in [-0.05, 0) is 19.0 Å². The SMILES string of the molecule is CC(C)C(=O)N1CC2(CC(COCc3ccccc3)N(C)C2)C1. The fraction of sp³-hybridized carbons (Fsp3) is 0.632. The molecule has 2 aliphatic heterocycles. The standard InChI is InChI=1S/C19H28N2O2/c1-15(2)18(22)21-13-19(14-21)9-17(20(3)12-19)11-23-10-16-7-5-4-6-8-16/h4-8,15,17H,9-14H2,1-3H3. The summed E-state index contributed by atoms with van der Waals surface area (Å²) in [6.07, 6.45) is 1.14. The van der Waals surface area contributed by atoms with Gasteiger partial charge in [-0.15, -0.1) is 0 Å². The first kappa shape index (κ1) is 16.5. The molecule has 0 saturated carbocycles. The first-order valence-corrected chi connectivity index (χ1v) is 8.60. The van der Waals surface area contributed by atoms with Crippen molar-refractivity contribution < 1.29 is 9.53 Å². The minimum absolute atomic E-state index is 0.108. The second-order valence-electron chi connectivity index (χ2n) is 7.62. The maximum absolute atomic E-state index is 12.0. The molecule has 0 aromatic heterocycles. The molecule has 0 N–H and O–H groups in total. The number of likely N-dealkylation sites (tertiary alicyclic amines) is 2. The molecule has 1 amide bonds. The molecule has 1 spiro atoms. The lowest BCUT2D eigenvalue weighted by Gasteiger charge is -2.48. The topological polar surface area (TPSA) is 32.8 Å². The van der Waals surface area contributed by atoms with Crippen LogP contribution >= 0.6 is 0 Å². The van der Waals surface area contributed by atoms with Gasteiger partial charge in [-0.1, -0.05) is 44.2 Å². The molecule has 0 radical (unpaired) electrons. The van der Waals surface area contributed by atoms with Gasteiger partial charge in [0.15, 0.2) is 0 Å². The van der Waals surface area contributed by atoms with Crippen LogP contribution in [0.25, 0.3) is 0 Å². The molecule has 2 heterocycles. The van der Waals surface area contributed by atoms with Gasteiger partial charge in [-0.25, -0.2) is 0 Å². The van der Waals surface area contributed by atoms with Gasteiger partial charge in [0.2, 0.25) is 5.91 Å². The van der Waals surface area contributed by atoms with Crippen molar-refractivity contribution in [3.8, 4) is 0 Å². The maximum Gasteiger partial charge on any atom is 0.225 e. The number of benzene rings is 1. The Labute approximate surface area is 139 Å². The van der Waals surface area contributed by atoms with E-state index in [-0.39, 0.29) is 5.92 Å². The number of hydrogen-bond acceptors (Lipinski definition) is 3. The molecule has 126 valence electrons. The lowest BCUT2D eigenvalue weighted by Crippen LogP contribution is -2.60. The van der Waals surface area contributed by atoms with E-state index in [0.717, 1.165) is 32.7 Å². The summed E-state index contributed by atoms with van der Waals surface area (Å²) in [6.45, 7) is 8.32. The second-order valence-corrected chi connectivity index (χ2v) is 7.62. The van der Waals surface area contributed by atoms with Crippen molar-refractivity contribution in [1.82, 2.24) is 9.80 Å². The van der Waals surface area contributed by atoms with E-state index in [9.17, 15) is 4.79 Å². The average Bonchev–Trinajstić information content (AvgIpc) is 2.83. The van der Waals surface area contributed by atoms with Gasteiger partial charge in [-0.2, -0.15) is 0 Å². The van der Waals surface area contributed by atoms with Crippen LogP contribution in [0, 0.1) is 11.3 Å². The third-order valence-corrected chi connectivity index (χ3v) is 5.16. The van der Waals surface area contributed by atoms with Crippen molar-refractivity contribution in [2.45, 2.75) is 32.9 Å². The highest BCUT2D eigenvalue weighted by molar-refractivity contribution is 5.79. The summed E-state index contributed by atoms with van der Waals surface area (Å²) in [7, 11) is 2.18. The molecule has 2 saturated heterocycles. The van der Waals surface area contributed by atoms with Crippen LogP contribution in [0.15, 0.2) is 30.3 Å². The van der Waals surface area contributed by atoms with E-state index in [1.807, 2.05) is 36.9 Å². The third kappa shape index (κ3) is 3.59. The Morgan fingerprint density at radius 1 is 1.26 bits per heavy atom. The smallest absolute Gasteiger partial charge is 0.225 e. The first-order valence-electron chi connectivity index (χ1n) is 8.60. The Bertz CT molecular complexity index is 538. The quantitative estimate of drug-likeness (QED) is 0.836. The summed E-state index contributed by atoms with van der Waals surface area (Å²) in [5.74, 6) is 0.401. The number of hydrogen-bond donors (Lipinski definition) is 0. The summed E-state index contributed by atoms with van der Waals surface area (Å²) >= 11 is 0. The Morgan fingerprint density at radius 2 is 1.96 bits per heavy atom. The van der Waals surface area contributed by atoms with Crippen LogP contribution in [-0.4, -0.2) is 55.0 Å². The fourth-order valence-electron chi connectivity index (χ4n) is 3.97. The number of ether oxygens (including phenoxy) is 1. The molecule has 4 nitrogen and oxygen atoms in total. The molecule has 1 atom stereocenters. The normalized spacial score (nSPS) is 23.5. The average molecular weight is 316 g/mol. The van der Waals surface area contributed by atoms with Crippen LogP contribution in [0.1, 0.15) is 25.8 Å². The van der Waals surface area contributed by atoms with Gasteiger partial charge >= 0.3 is 0 Å². The number of likely N-dealkylation sites (N-methyl/N-ethyl adjacent to an activating group) is 1. The van der Waals surface area contributed by atoms with Crippen LogP contribution < -0.4 is 0 Å². The van der Waals surface area contributed by atoms with E-state index in [1.54, 1.807) is 0 Å². The van der Waals surface area contributed by atoms with Crippen LogP contribution in [0.2, 0.25) is 0 Å². The minimum atomic E-state index is 0.108. The Kier molecular flexibility index (Phi) is 4.74. The van der Waals surface area contributed by atoms with Crippen molar-refractivity contribution in [3.05, 3.63) is 35.9 Å². The molecular formula is C19H28N2O2. The van der Waals surface area contributed by atoms with E-state index in [0.29, 0.717) is 24.0 Å². The minimum Gasteiger partial charge on any atom is -0.375 e. The molecule has 0 bridgehead atoms. The van der Waals surface area contributed by atoms with Crippen molar-refractivity contribution in [3.63, 3.8) is 0 Å². The number of rotatable bonds is 5. The fourth-order valence-corrected chi connectivity index (χ4v) is 3.97. The van der Waals surface area contributed by atoms with E-state index in [4.69, 9.17) is 4.74 Å². The van der Waals surface area contributed by atoms with E-state index < -0.39 is 0 Å². The zero-order valence-electron chi connectivity index (χ0n) is 14.5. The van der Waals surface area contributed by atoms with Gasteiger partial charge in [-0.3, -0.25) is 4.79 Å². The Balaban J connectivity index is 1.45. The van der Waals surface area contributed by atoms with Gasteiger partial charge in [0.05, 0.1) is 13.2 Å². The second kappa shape index (κ2) is 6.62. The number of carbonyl (C=O) groups excluding carboxylic acids is 1. The largest absolute Gasteiger partial charge is 0.375 e. The third-order valence-electron chi connectivity index (χ3n) is 5.16. The summed E-state index contributed by atoms with van der Waals surface area (Å²) in [5.41, 5.74) is 1.53. The maximum atomic E-state index is 12.0. The molecule has 1 unspecified atom stereocenters. The molecule has 1 aromatic rings. The zero-order chi connectivity index (χ0) is 16.4. The van der Waals surface area contributed by atoms with Crippen molar-refractivity contribution in [1.29, 1.82) is 0 Å². The first-order chi connectivity index (χ1) is 11.0. The van der Waals surface area contributed by atoms with Crippen molar-refractivity contribution in [2.75, 3.05) is 33.3 Å². The Morgan fingerprint density at radius 3 is 2.61 bits per heavy atom. The molecule has 23 heavy (non-hydrogen) atoms. The van der Waals surface area contributed by atoms with Gasteiger partial charge in [0.1, 0.15) is 0 Å². The monoisotopic (exact) mass is 316 g/mol. The highest BCUT2D eigenvalue weighted by Crippen LogP contribution is 2.42. The molecular weight excluding hydrogens is 288 g/mol.